The van der Waals surface area contributed by atoms with Gasteiger partial charge in [0.15, 0.2) is 5.13 Å². The zero-order valence-electron chi connectivity index (χ0n) is 17.8. The predicted molar refractivity (Wildman–Crippen MR) is 125 cm³/mol. The van der Waals surface area contributed by atoms with Crippen molar-refractivity contribution in [2.45, 2.75) is 0 Å². The van der Waals surface area contributed by atoms with Gasteiger partial charge in [-0.15, -0.1) is 0 Å². The van der Waals surface area contributed by atoms with E-state index in [0.717, 1.165) is 16.2 Å². The summed E-state index contributed by atoms with van der Waals surface area (Å²) in [5.41, 5.74) is 2.01. The molecule has 33 heavy (non-hydrogen) atoms. The van der Waals surface area contributed by atoms with Gasteiger partial charge < -0.3 is 9.47 Å². The zero-order chi connectivity index (χ0) is 22.9. The lowest BCUT2D eigenvalue weighted by molar-refractivity contribution is 0.0600. The maximum atomic E-state index is 13.2. The Kier molecular flexibility index (Phi) is 5.23. The van der Waals surface area contributed by atoms with E-state index in [1.807, 2.05) is 42.5 Å². The van der Waals surface area contributed by atoms with Crippen molar-refractivity contribution in [1.82, 2.24) is 19.3 Å². The fraction of sp³-hybridized carbons (Fsp3) is 0.0833. The molecule has 2 aromatic carbocycles. The number of carbonyl (C=O) groups is 1. The lowest BCUT2D eigenvalue weighted by Gasteiger charge is -2.09. The number of aromatic nitrogens is 4. The van der Waals surface area contributed by atoms with Crippen LogP contribution in [0.15, 0.2) is 78.0 Å². The Bertz CT molecular complexity index is 1470. The third-order valence-electron chi connectivity index (χ3n) is 5.16. The van der Waals surface area contributed by atoms with Gasteiger partial charge in [0.25, 0.3) is 5.56 Å². The maximum Gasteiger partial charge on any atom is 0.341 e. The molecule has 0 bridgehead atoms. The lowest BCUT2D eigenvalue weighted by Crippen LogP contribution is -2.15. The summed E-state index contributed by atoms with van der Waals surface area (Å²) in [6.07, 6.45) is 4.99. The molecule has 0 unspecified atom stereocenters. The molecule has 3 aromatic rings. The first-order valence-corrected chi connectivity index (χ1v) is 10.8. The summed E-state index contributed by atoms with van der Waals surface area (Å²) in [5, 5.41) is 5.01. The Morgan fingerprint density at radius 1 is 1.00 bits per heavy atom. The summed E-state index contributed by atoms with van der Waals surface area (Å²) in [4.78, 5) is 31.1. The number of carbonyl (C=O) groups excluding carboxylic acids is 1. The van der Waals surface area contributed by atoms with Crippen molar-refractivity contribution in [3.63, 3.8) is 0 Å². The fourth-order valence-electron chi connectivity index (χ4n) is 3.49. The fourth-order valence-corrected chi connectivity index (χ4v) is 4.37. The van der Waals surface area contributed by atoms with Gasteiger partial charge in [-0.1, -0.05) is 29.5 Å². The molecule has 0 saturated heterocycles. The van der Waals surface area contributed by atoms with Crippen LogP contribution in [0.4, 0.5) is 0 Å². The van der Waals surface area contributed by atoms with Crippen LogP contribution in [0.3, 0.4) is 0 Å². The van der Waals surface area contributed by atoms with Gasteiger partial charge in [0.2, 0.25) is 0 Å². The van der Waals surface area contributed by atoms with Gasteiger partial charge in [0, 0.05) is 18.6 Å². The average Bonchev–Trinajstić information content (AvgIpc) is 3.49. The Morgan fingerprint density at radius 2 is 1.76 bits per heavy atom. The Labute approximate surface area is 192 Å². The predicted octanol–water partition coefficient (Wildman–Crippen LogP) is 4.05. The standard InChI is InChI=1S/C24H18N4O4S/c1-31-17-10-8-15(9-11-17)20-12-25-24(33-20)27-13-18-21(19(14-27)23(30)32-2)26-28(22(18)29)16-6-4-3-5-7-16/h3-14H,1-2H3. The van der Waals surface area contributed by atoms with E-state index in [2.05, 4.69) is 10.1 Å². The molecule has 0 fully saturated rings. The van der Waals surface area contributed by atoms with Gasteiger partial charge >= 0.3 is 5.97 Å². The third kappa shape index (κ3) is 3.68. The summed E-state index contributed by atoms with van der Waals surface area (Å²) < 4.78 is 13.1. The molecule has 0 spiro atoms. The minimum atomic E-state index is -0.584. The molecule has 3 heterocycles. The first-order valence-electron chi connectivity index (χ1n) is 9.98. The molecule has 8 nitrogen and oxygen atoms in total. The monoisotopic (exact) mass is 458 g/mol. The zero-order valence-corrected chi connectivity index (χ0v) is 18.6. The smallest absolute Gasteiger partial charge is 0.341 e. The van der Waals surface area contributed by atoms with Gasteiger partial charge in [-0.2, -0.15) is 9.78 Å². The lowest BCUT2D eigenvalue weighted by atomic mass is 10.1. The number of hydrogen-bond acceptors (Lipinski definition) is 7. The number of methoxy groups -OCH3 is 2. The molecule has 0 N–H and O–H groups in total. The minimum absolute atomic E-state index is 0.183. The van der Waals surface area contributed by atoms with Crippen molar-refractivity contribution in [2.24, 2.45) is 0 Å². The Balaban J connectivity index is 1.64. The quantitative estimate of drug-likeness (QED) is 0.369. The number of thiazole rings is 1. The van der Waals surface area contributed by atoms with Crippen molar-refractivity contribution in [1.29, 1.82) is 0 Å². The second-order valence-corrected chi connectivity index (χ2v) is 8.13. The van der Waals surface area contributed by atoms with E-state index in [1.54, 1.807) is 42.4 Å². The minimum Gasteiger partial charge on any atom is -0.497 e. The van der Waals surface area contributed by atoms with Gasteiger partial charge in [-0.3, -0.25) is 9.36 Å². The maximum absolute atomic E-state index is 13.2. The molecule has 2 aliphatic rings. The van der Waals surface area contributed by atoms with Gasteiger partial charge in [0.1, 0.15) is 17.0 Å². The van der Waals surface area contributed by atoms with E-state index >= 15 is 0 Å². The molecule has 164 valence electrons. The number of ether oxygens (including phenoxy) is 2. The molecule has 0 atom stereocenters. The van der Waals surface area contributed by atoms with Crippen molar-refractivity contribution in [2.75, 3.05) is 14.2 Å². The number of benzene rings is 2. The molecule has 0 saturated carbocycles. The van der Waals surface area contributed by atoms with Crippen LogP contribution in [0, 0.1) is 0 Å². The highest BCUT2D eigenvalue weighted by molar-refractivity contribution is 7.17. The second kappa shape index (κ2) is 8.36. The van der Waals surface area contributed by atoms with Crippen molar-refractivity contribution in [3.8, 4) is 38.3 Å². The highest BCUT2D eigenvalue weighted by Crippen LogP contribution is 2.31. The van der Waals surface area contributed by atoms with E-state index < -0.39 is 5.97 Å². The third-order valence-corrected chi connectivity index (χ3v) is 6.22. The van der Waals surface area contributed by atoms with E-state index in [-0.39, 0.29) is 16.8 Å². The Hall–Kier alpha value is -4.24. The van der Waals surface area contributed by atoms with E-state index in [0.29, 0.717) is 16.4 Å². The molecular formula is C24H18N4O4S. The van der Waals surface area contributed by atoms with Crippen LogP contribution < -0.4 is 10.3 Å². The Morgan fingerprint density at radius 3 is 2.45 bits per heavy atom. The number of esters is 1. The SMILES string of the molecule is COC(=O)c1cn(-c2ncc(-c3ccc(OC)cc3)s2)cc2c(=O)n(-c3ccccc3)nc1-2. The summed E-state index contributed by atoms with van der Waals surface area (Å²) in [7, 11) is 2.92. The van der Waals surface area contributed by atoms with Crippen LogP contribution in [0.25, 0.3) is 32.5 Å². The van der Waals surface area contributed by atoms with Gasteiger partial charge in [-0.05, 0) is 42.0 Å². The van der Waals surface area contributed by atoms with Crippen molar-refractivity contribution in [3.05, 3.63) is 89.1 Å². The molecule has 0 radical (unpaired) electrons. The van der Waals surface area contributed by atoms with Crippen LogP contribution in [-0.2, 0) is 4.74 Å². The van der Waals surface area contributed by atoms with Gasteiger partial charge in [0.05, 0.1) is 30.3 Å². The first kappa shape index (κ1) is 20.7. The van der Waals surface area contributed by atoms with Crippen molar-refractivity contribution < 1.29 is 14.3 Å². The number of nitrogens with zero attached hydrogens (tertiary/aromatic N) is 4. The number of para-hydroxylation sites is 1. The number of hydrogen-bond donors (Lipinski definition) is 0. The molecule has 5 rings (SSSR count). The number of pyridine rings is 1. The normalized spacial score (nSPS) is 11.0. The van der Waals surface area contributed by atoms with E-state index in [9.17, 15) is 9.59 Å². The highest BCUT2D eigenvalue weighted by atomic mass is 32.1. The molecule has 9 heteroatoms. The molecular weight excluding hydrogens is 440 g/mol. The molecule has 0 aliphatic carbocycles. The van der Waals surface area contributed by atoms with Crippen LogP contribution in [-0.4, -0.2) is 39.5 Å². The largest absolute Gasteiger partial charge is 0.497 e. The highest BCUT2D eigenvalue weighted by Gasteiger charge is 2.25. The van der Waals surface area contributed by atoms with Crippen LogP contribution in [0.5, 0.6) is 5.75 Å². The number of fused-ring (bicyclic) bond motifs is 1. The van der Waals surface area contributed by atoms with Crippen LogP contribution >= 0.6 is 11.3 Å². The summed E-state index contributed by atoms with van der Waals surface area (Å²) in [6.45, 7) is 0. The number of rotatable bonds is 5. The van der Waals surface area contributed by atoms with E-state index in [4.69, 9.17) is 9.47 Å². The first-order chi connectivity index (χ1) is 16.1. The van der Waals surface area contributed by atoms with Crippen molar-refractivity contribution >= 4 is 17.3 Å². The van der Waals surface area contributed by atoms with Gasteiger partial charge in [-0.25, -0.2) is 9.78 Å². The summed E-state index contributed by atoms with van der Waals surface area (Å²) in [6, 6.07) is 16.7. The van der Waals surface area contributed by atoms with Crippen LogP contribution in [0.2, 0.25) is 0 Å². The van der Waals surface area contributed by atoms with E-state index in [1.165, 1.54) is 23.1 Å². The van der Waals surface area contributed by atoms with Crippen LogP contribution in [0.1, 0.15) is 10.4 Å². The molecule has 1 aromatic heterocycles. The summed E-state index contributed by atoms with van der Waals surface area (Å²) >= 11 is 1.43. The molecule has 2 aliphatic heterocycles. The topological polar surface area (TPSA) is 88.2 Å². The molecule has 0 amide bonds. The average molecular weight is 458 g/mol. The summed E-state index contributed by atoms with van der Waals surface area (Å²) in [5.74, 6) is 0.184. The second-order valence-electron chi connectivity index (χ2n) is 7.12.